The molecule has 9 nitrogen and oxygen atoms in total. The summed E-state index contributed by atoms with van der Waals surface area (Å²) >= 11 is 5.79. The zero-order chi connectivity index (χ0) is 24.2. The molecule has 12 heteroatoms. The number of hydrogen-bond donors (Lipinski definition) is 3. The Labute approximate surface area is 196 Å². The molecule has 2 heterocycles. The zero-order valence-corrected chi connectivity index (χ0v) is 18.4. The minimum Gasteiger partial charge on any atom is -0.423 e. The third-order valence-electron chi connectivity index (χ3n) is 4.70. The van der Waals surface area contributed by atoms with Gasteiger partial charge in [0, 0.05) is 6.07 Å². The number of aromatic amines is 1. The fourth-order valence-corrected chi connectivity index (χ4v) is 3.18. The molecule has 0 aliphatic carbocycles. The number of carbonyl (C=O) groups is 2. The Morgan fingerprint density at radius 2 is 1.74 bits per heavy atom. The van der Waals surface area contributed by atoms with Gasteiger partial charge in [0.2, 0.25) is 11.8 Å². The molecule has 34 heavy (non-hydrogen) atoms. The maximum absolute atomic E-state index is 13.4. The van der Waals surface area contributed by atoms with Gasteiger partial charge in [0.25, 0.3) is 11.8 Å². The second kappa shape index (κ2) is 9.79. The number of rotatable bonds is 7. The minimum atomic E-state index is -1.22. The highest BCUT2D eigenvalue weighted by molar-refractivity contribution is 6.34. The number of nitrogens with zero attached hydrogens (tertiary/aromatic N) is 3. The van der Waals surface area contributed by atoms with Gasteiger partial charge < -0.3 is 15.1 Å². The van der Waals surface area contributed by atoms with Crippen molar-refractivity contribution in [1.29, 1.82) is 0 Å². The third-order valence-corrected chi connectivity index (χ3v) is 5.02. The van der Waals surface area contributed by atoms with Gasteiger partial charge in [0.05, 0.1) is 23.6 Å². The number of benzene rings is 2. The van der Waals surface area contributed by atoms with E-state index in [1.807, 2.05) is 31.2 Å². The predicted molar refractivity (Wildman–Crippen MR) is 117 cm³/mol. The van der Waals surface area contributed by atoms with Gasteiger partial charge in [0.15, 0.2) is 17.5 Å². The maximum Gasteiger partial charge on any atom is 0.269 e. The van der Waals surface area contributed by atoms with Crippen LogP contribution in [0.2, 0.25) is 5.02 Å². The summed E-state index contributed by atoms with van der Waals surface area (Å²) in [5.41, 5.74) is 1.91. The van der Waals surface area contributed by atoms with Crippen LogP contribution in [0.15, 0.2) is 46.9 Å². The van der Waals surface area contributed by atoms with Gasteiger partial charge in [-0.15, -0.1) is 10.2 Å². The average molecular weight is 487 g/mol. The largest absolute Gasteiger partial charge is 0.423 e. The molecule has 4 rings (SSSR count). The molecule has 2 aromatic carbocycles. The van der Waals surface area contributed by atoms with Crippen LogP contribution < -0.4 is 10.6 Å². The van der Waals surface area contributed by atoms with E-state index in [1.54, 1.807) is 0 Å². The van der Waals surface area contributed by atoms with Crippen LogP contribution in [0.5, 0.6) is 0 Å². The molecular formula is C22H17ClF2N6O3. The summed E-state index contributed by atoms with van der Waals surface area (Å²) in [4.78, 5) is 24.6. The molecule has 0 aliphatic heterocycles. The highest BCUT2D eigenvalue weighted by atomic mass is 35.5. The molecule has 0 aliphatic rings. The van der Waals surface area contributed by atoms with Crippen LogP contribution in [0.4, 0.5) is 14.6 Å². The standard InChI is InChI=1S/C22H17ClF2N6O3/c1-11-2-4-12(5-3-11)6-19-30-31-20(34-19)10-26-22(33)17-9-18(29-28-17)27-21(32)13-7-15(24)16(25)8-14(13)23/h2-5,7-9H,6,10H2,1H3,(H,26,33)(H2,27,28,29,32). The van der Waals surface area contributed by atoms with E-state index in [0.717, 1.165) is 11.1 Å². The molecule has 0 fully saturated rings. The molecule has 3 N–H and O–H groups in total. The van der Waals surface area contributed by atoms with E-state index in [-0.39, 0.29) is 34.5 Å². The normalized spacial score (nSPS) is 10.8. The Bertz CT molecular complexity index is 1350. The Hall–Kier alpha value is -4.12. The summed E-state index contributed by atoms with van der Waals surface area (Å²) in [5.74, 6) is -3.16. The van der Waals surface area contributed by atoms with Gasteiger partial charge in [0.1, 0.15) is 5.69 Å². The molecule has 0 spiro atoms. The number of halogens is 3. The van der Waals surface area contributed by atoms with Crippen LogP contribution in [0.25, 0.3) is 0 Å². The summed E-state index contributed by atoms with van der Waals surface area (Å²) in [6, 6.07) is 10.5. The van der Waals surface area contributed by atoms with Crippen LogP contribution in [0.3, 0.4) is 0 Å². The molecule has 0 atom stereocenters. The number of H-pyrrole nitrogens is 1. The number of carbonyl (C=O) groups excluding carboxylic acids is 2. The van der Waals surface area contributed by atoms with Crippen molar-refractivity contribution in [2.24, 2.45) is 0 Å². The Kier molecular flexibility index (Phi) is 6.64. The SMILES string of the molecule is Cc1ccc(Cc2nnc(CNC(=O)c3cc(NC(=O)c4cc(F)c(F)cc4Cl)n[nH]3)o2)cc1. The highest BCUT2D eigenvalue weighted by Crippen LogP contribution is 2.21. The first-order valence-electron chi connectivity index (χ1n) is 9.95. The molecule has 0 unspecified atom stereocenters. The Morgan fingerprint density at radius 1 is 1.03 bits per heavy atom. The lowest BCUT2D eigenvalue weighted by molar-refractivity contribution is 0.0941. The van der Waals surface area contributed by atoms with Crippen LogP contribution in [-0.4, -0.2) is 32.2 Å². The van der Waals surface area contributed by atoms with Gasteiger partial charge in [-0.3, -0.25) is 14.7 Å². The topological polar surface area (TPSA) is 126 Å². The molecule has 2 amide bonds. The fourth-order valence-electron chi connectivity index (χ4n) is 2.95. The molecule has 0 bridgehead atoms. The second-order valence-electron chi connectivity index (χ2n) is 7.30. The molecule has 0 saturated heterocycles. The van der Waals surface area contributed by atoms with Gasteiger partial charge >= 0.3 is 0 Å². The quantitative estimate of drug-likeness (QED) is 0.341. The molecule has 174 valence electrons. The summed E-state index contributed by atoms with van der Waals surface area (Å²) < 4.78 is 32.1. The lowest BCUT2D eigenvalue weighted by atomic mass is 10.1. The van der Waals surface area contributed by atoms with E-state index in [1.165, 1.54) is 6.07 Å². The summed E-state index contributed by atoms with van der Waals surface area (Å²) in [6.07, 6.45) is 0.465. The van der Waals surface area contributed by atoms with Crippen LogP contribution in [0, 0.1) is 18.6 Å². The lowest BCUT2D eigenvalue weighted by Gasteiger charge is -2.05. The average Bonchev–Trinajstić information content (AvgIpc) is 3.46. The van der Waals surface area contributed by atoms with Crippen LogP contribution in [0.1, 0.15) is 43.8 Å². The van der Waals surface area contributed by atoms with Gasteiger partial charge in [-0.2, -0.15) is 5.10 Å². The maximum atomic E-state index is 13.4. The van der Waals surface area contributed by atoms with Gasteiger partial charge in [-0.1, -0.05) is 41.4 Å². The highest BCUT2D eigenvalue weighted by Gasteiger charge is 2.18. The van der Waals surface area contributed by atoms with E-state index >= 15 is 0 Å². The van der Waals surface area contributed by atoms with E-state index < -0.39 is 23.4 Å². The lowest BCUT2D eigenvalue weighted by Crippen LogP contribution is -2.23. The molecule has 0 radical (unpaired) electrons. The van der Waals surface area contributed by atoms with Crippen molar-refractivity contribution in [2.45, 2.75) is 19.9 Å². The van der Waals surface area contributed by atoms with Crippen molar-refractivity contribution in [3.05, 3.63) is 93.3 Å². The van der Waals surface area contributed by atoms with Crippen molar-refractivity contribution < 1.29 is 22.8 Å². The zero-order valence-electron chi connectivity index (χ0n) is 17.7. The number of anilines is 1. The fraction of sp³-hybridized carbons (Fsp3) is 0.136. The number of amides is 2. The summed E-state index contributed by atoms with van der Waals surface area (Å²) in [7, 11) is 0. The van der Waals surface area contributed by atoms with Crippen molar-refractivity contribution in [3.63, 3.8) is 0 Å². The van der Waals surface area contributed by atoms with E-state index in [0.29, 0.717) is 24.4 Å². The third kappa shape index (κ3) is 5.44. The smallest absolute Gasteiger partial charge is 0.269 e. The van der Waals surface area contributed by atoms with Crippen molar-refractivity contribution >= 4 is 29.2 Å². The van der Waals surface area contributed by atoms with E-state index in [2.05, 4.69) is 31.0 Å². The number of aromatic nitrogens is 4. The van der Waals surface area contributed by atoms with Gasteiger partial charge in [-0.05, 0) is 24.6 Å². The van der Waals surface area contributed by atoms with Crippen LogP contribution >= 0.6 is 11.6 Å². The first kappa shape index (κ1) is 23.1. The van der Waals surface area contributed by atoms with Gasteiger partial charge in [-0.25, -0.2) is 8.78 Å². The summed E-state index contributed by atoms with van der Waals surface area (Å²) in [6.45, 7) is 1.97. The first-order valence-corrected chi connectivity index (χ1v) is 10.3. The van der Waals surface area contributed by atoms with Crippen molar-refractivity contribution in [2.75, 3.05) is 5.32 Å². The van der Waals surface area contributed by atoms with E-state index in [4.69, 9.17) is 16.0 Å². The van der Waals surface area contributed by atoms with Crippen LogP contribution in [-0.2, 0) is 13.0 Å². The number of aryl methyl sites for hydroxylation is 1. The van der Waals surface area contributed by atoms with Crippen molar-refractivity contribution in [3.8, 4) is 0 Å². The molecular weight excluding hydrogens is 470 g/mol. The number of nitrogens with one attached hydrogen (secondary N) is 3. The Morgan fingerprint density at radius 3 is 2.50 bits per heavy atom. The molecule has 0 saturated carbocycles. The molecule has 4 aromatic rings. The summed E-state index contributed by atoms with van der Waals surface area (Å²) in [5, 5.41) is 18.8. The first-order chi connectivity index (χ1) is 16.3. The Balaban J connectivity index is 1.32. The predicted octanol–water partition coefficient (Wildman–Crippen LogP) is 3.81. The minimum absolute atomic E-state index is 0.0193. The monoisotopic (exact) mass is 486 g/mol. The second-order valence-corrected chi connectivity index (χ2v) is 7.71. The molecule has 2 aromatic heterocycles. The van der Waals surface area contributed by atoms with Crippen molar-refractivity contribution in [1.82, 2.24) is 25.7 Å². The van der Waals surface area contributed by atoms with E-state index in [9.17, 15) is 18.4 Å². The number of hydrogen-bond acceptors (Lipinski definition) is 6.